The van der Waals surface area contributed by atoms with Crippen LogP contribution in [0.5, 0.6) is 0 Å². The van der Waals surface area contributed by atoms with Gasteiger partial charge in [0, 0.05) is 25.7 Å². The van der Waals surface area contributed by atoms with Crippen molar-refractivity contribution in [3.05, 3.63) is 0 Å². The highest BCUT2D eigenvalue weighted by molar-refractivity contribution is 7.47. The summed E-state index contributed by atoms with van der Waals surface area (Å²) in [7, 11) is -9.93. The third-order valence-corrected chi connectivity index (χ3v) is 23.3. The van der Waals surface area contributed by atoms with E-state index in [4.69, 9.17) is 37.0 Å². The number of carbonyl (C=O) groups excluding carboxylic acids is 4. The highest BCUT2D eigenvalue weighted by Gasteiger charge is 2.31. The van der Waals surface area contributed by atoms with Crippen LogP contribution in [0.1, 0.15) is 484 Å². The minimum Gasteiger partial charge on any atom is -0.462 e. The second-order valence-corrected chi connectivity index (χ2v) is 35.1. The van der Waals surface area contributed by atoms with E-state index in [-0.39, 0.29) is 25.7 Å². The lowest BCUT2D eigenvalue weighted by Gasteiger charge is -2.21. The SMILES string of the molecule is CCCCCCCCCCCCCCCCCCCCCCCC(=O)OC[C@H](COP(=O)(O)OC[C@@H](O)COP(=O)(O)OC[C@@H](COC(=O)CCCCCCCCCCCCC)OC(=O)CCCCCCCCCCCCCCCC)OC(=O)CCCCCCCCCCCCCCCCCCCCC(C)CC. The van der Waals surface area contributed by atoms with Gasteiger partial charge in [0.05, 0.1) is 26.4 Å². The average Bonchev–Trinajstić information content (AvgIpc) is 0.901. The van der Waals surface area contributed by atoms with Gasteiger partial charge in [-0.2, -0.15) is 0 Å². The van der Waals surface area contributed by atoms with Crippen LogP contribution >= 0.6 is 15.6 Å². The van der Waals surface area contributed by atoms with Gasteiger partial charge in [0.1, 0.15) is 19.3 Å². The molecule has 0 aromatic rings. The molecule has 0 rings (SSSR count). The van der Waals surface area contributed by atoms with Crippen LogP contribution in [-0.4, -0.2) is 96.7 Å². The molecule has 0 radical (unpaired) electrons. The van der Waals surface area contributed by atoms with Crippen molar-refractivity contribution in [2.75, 3.05) is 39.6 Å². The normalized spacial score (nSPS) is 14.0. The van der Waals surface area contributed by atoms with Crippen LogP contribution in [0.25, 0.3) is 0 Å². The number of phosphoric acid groups is 2. The van der Waals surface area contributed by atoms with Gasteiger partial charge in [0.15, 0.2) is 12.2 Å². The summed E-state index contributed by atoms with van der Waals surface area (Å²) < 4.78 is 69.0. The van der Waals surface area contributed by atoms with Crippen molar-refractivity contribution < 1.29 is 80.2 Å². The van der Waals surface area contributed by atoms with Crippen LogP contribution in [0.3, 0.4) is 0 Å². The van der Waals surface area contributed by atoms with Gasteiger partial charge in [-0.15, -0.1) is 0 Å². The number of hydrogen-bond donors (Lipinski definition) is 3. The molecule has 0 aromatic heterocycles. The standard InChI is InChI=1S/C89H174O17P2/c1-6-10-13-16-19-22-25-27-29-30-31-32-33-37-40-44-48-53-58-63-68-73-87(92)100-79-85(106-89(94)75-70-65-60-55-50-45-41-38-35-34-36-39-42-47-51-56-61-66-71-82(5)9-4)81-104-108(97,98)102-77-83(90)76-101-107(95,96)103-80-84(78-99-86(91)72-67-62-57-52-46-24-21-18-15-12-8-3)105-88(93)74-69-64-59-54-49-43-28-26-23-20-17-14-11-7-2/h82-85,90H,6-81H2,1-5H3,(H,95,96)(H,97,98)/t82?,83-,84+,85+/m0/s1. The van der Waals surface area contributed by atoms with E-state index in [0.29, 0.717) is 25.7 Å². The lowest BCUT2D eigenvalue weighted by molar-refractivity contribution is -0.161. The summed E-state index contributed by atoms with van der Waals surface area (Å²) in [5.74, 6) is -1.22. The quantitative estimate of drug-likeness (QED) is 0.0222. The Morgan fingerprint density at radius 1 is 0.259 bits per heavy atom. The Labute approximate surface area is 664 Å². The number of hydrogen-bond acceptors (Lipinski definition) is 15. The largest absolute Gasteiger partial charge is 0.472 e. The Balaban J connectivity index is 5.21. The molecule has 642 valence electrons. The first-order valence-corrected chi connectivity index (χ1v) is 49.2. The summed E-state index contributed by atoms with van der Waals surface area (Å²) in [5, 5.41) is 10.7. The number of carbonyl (C=O) groups is 4. The fourth-order valence-electron chi connectivity index (χ4n) is 14.0. The van der Waals surface area contributed by atoms with E-state index in [9.17, 15) is 43.2 Å². The summed E-state index contributed by atoms with van der Waals surface area (Å²) in [6, 6.07) is 0. The summed E-state index contributed by atoms with van der Waals surface area (Å²) in [5.41, 5.74) is 0. The molecule has 3 unspecified atom stereocenters. The van der Waals surface area contributed by atoms with E-state index in [2.05, 4.69) is 34.6 Å². The third-order valence-electron chi connectivity index (χ3n) is 21.4. The maximum atomic E-state index is 13.2. The monoisotopic (exact) mass is 1580 g/mol. The fraction of sp³-hybridized carbons (Fsp3) is 0.955. The zero-order valence-corrected chi connectivity index (χ0v) is 72.8. The lowest BCUT2D eigenvalue weighted by Crippen LogP contribution is -2.30. The number of ether oxygens (including phenoxy) is 4. The van der Waals surface area contributed by atoms with Crippen LogP contribution in [0.4, 0.5) is 0 Å². The Kier molecular flexibility index (Phi) is 80.2. The number of aliphatic hydroxyl groups is 1. The smallest absolute Gasteiger partial charge is 0.462 e. The number of phosphoric ester groups is 2. The first-order valence-electron chi connectivity index (χ1n) is 46.2. The van der Waals surface area contributed by atoms with Gasteiger partial charge < -0.3 is 33.8 Å². The van der Waals surface area contributed by atoms with Crippen molar-refractivity contribution >= 4 is 39.5 Å². The van der Waals surface area contributed by atoms with E-state index >= 15 is 0 Å². The predicted molar refractivity (Wildman–Crippen MR) is 446 cm³/mol. The highest BCUT2D eigenvalue weighted by atomic mass is 31.2. The molecule has 0 aliphatic heterocycles. The summed E-state index contributed by atoms with van der Waals surface area (Å²) in [6.45, 7) is 7.45. The maximum Gasteiger partial charge on any atom is 0.472 e. The summed E-state index contributed by atoms with van der Waals surface area (Å²) in [6.07, 6.45) is 76.4. The molecule has 19 heteroatoms. The van der Waals surface area contributed by atoms with Crippen LogP contribution < -0.4 is 0 Å². The van der Waals surface area contributed by atoms with Crippen molar-refractivity contribution in [3.63, 3.8) is 0 Å². The molecule has 0 amide bonds. The number of unbranched alkanes of at least 4 members (excludes halogenated alkanes) is 60. The lowest BCUT2D eigenvalue weighted by atomic mass is 9.99. The van der Waals surface area contributed by atoms with Crippen molar-refractivity contribution in [1.29, 1.82) is 0 Å². The van der Waals surface area contributed by atoms with Gasteiger partial charge in [-0.25, -0.2) is 9.13 Å². The number of aliphatic hydroxyl groups excluding tert-OH is 1. The zero-order chi connectivity index (χ0) is 79.0. The van der Waals surface area contributed by atoms with Gasteiger partial charge in [0.2, 0.25) is 0 Å². The first kappa shape index (κ1) is 106. The molecule has 0 bridgehead atoms. The molecule has 0 heterocycles. The van der Waals surface area contributed by atoms with E-state index in [0.717, 1.165) is 95.8 Å². The number of esters is 4. The Bertz CT molecular complexity index is 2050. The van der Waals surface area contributed by atoms with Gasteiger partial charge in [-0.1, -0.05) is 433 Å². The van der Waals surface area contributed by atoms with E-state index in [1.807, 2.05) is 0 Å². The molecule has 0 aliphatic rings. The van der Waals surface area contributed by atoms with Crippen LogP contribution in [0.2, 0.25) is 0 Å². The molecule has 3 N–H and O–H groups in total. The van der Waals surface area contributed by atoms with E-state index in [1.54, 1.807) is 0 Å². The molecule has 0 fully saturated rings. The Morgan fingerprint density at radius 2 is 0.444 bits per heavy atom. The van der Waals surface area contributed by atoms with Gasteiger partial charge in [0.25, 0.3) is 0 Å². The third kappa shape index (κ3) is 80.7. The Hall–Kier alpha value is -1.94. The van der Waals surface area contributed by atoms with E-state index < -0.39 is 97.5 Å². The predicted octanol–water partition coefficient (Wildman–Crippen LogP) is 27.5. The minimum atomic E-state index is -4.97. The molecule has 0 aliphatic carbocycles. The molecule has 0 aromatic carbocycles. The molecule has 6 atom stereocenters. The first-order chi connectivity index (χ1) is 52.6. The van der Waals surface area contributed by atoms with Crippen molar-refractivity contribution in [3.8, 4) is 0 Å². The number of rotatable bonds is 89. The Morgan fingerprint density at radius 3 is 0.657 bits per heavy atom. The van der Waals surface area contributed by atoms with Gasteiger partial charge in [-0.05, 0) is 31.6 Å². The molecule has 0 saturated carbocycles. The molecular weight excluding hydrogens is 1400 g/mol. The van der Waals surface area contributed by atoms with E-state index in [1.165, 1.54) is 308 Å². The summed E-state index contributed by atoms with van der Waals surface area (Å²) >= 11 is 0. The topological polar surface area (TPSA) is 237 Å². The average molecular weight is 1580 g/mol. The summed E-state index contributed by atoms with van der Waals surface area (Å²) in [4.78, 5) is 73.3. The second kappa shape index (κ2) is 81.6. The van der Waals surface area contributed by atoms with Crippen LogP contribution in [-0.2, 0) is 65.4 Å². The fourth-order valence-corrected chi connectivity index (χ4v) is 15.5. The molecule has 17 nitrogen and oxygen atoms in total. The highest BCUT2D eigenvalue weighted by Crippen LogP contribution is 2.45. The van der Waals surface area contributed by atoms with Crippen LogP contribution in [0, 0.1) is 5.92 Å². The molecule has 0 saturated heterocycles. The second-order valence-electron chi connectivity index (χ2n) is 32.2. The molecule has 108 heavy (non-hydrogen) atoms. The minimum absolute atomic E-state index is 0.109. The maximum absolute atomic E-state index is 13.2. The van der Waals surface area contributed by atoms with Crippen molar-refractivity contribution in [2.45, 2.75) is 502 Å². The zero-order valence-electron chi connectivity index (χ0n) is 71.0. The molecular formula is C89H174O17P2. The van der Waals surface area contributed by atoms with Gasteiger partial charge >= 0.3 is 39.5 Å². The van der Waals surface area contributed by atoms with Crippen molar-refractivity contribution in [2.24, 2.45) is 5.92 Å². The molecule has 0 spiro atoms. The van der Waals surface area contributed by atoms with Crippen LogP contribution in [0.15, 0.2) is 0 Å². The van der Waals surface area contributed by atoms with Crippen molar-refractivity contribution in [1.82, 2.24) is 0 Å². The van der Waals surface area contributed by atoms with Gasteiger partial charge in [-0.3, -0.25) is 37.3 Å².